The normalized spacial score (nSPS) is 15.0. The lowest BCUT2D eigenvalue weighted by molar-refractivity contribution is -0.145. The number of thiol groups is 1. The van der Waals surface area contributed by atoms with E-state index in [1.54, 1.807) is 0 Å². The van der Waals surface area contributed by atoms with Crippen LogP contribution in [0.4, 0.5) is 0 Å². The number of carbonyl (C=O) groups is 5. The minimum Gasteiger partial charge on any atom is -0.481 e. The molecule has 0 radical (unpaired) electrons. The van der Waals surface area contributed by atoms with Crippen LogP contribution >= 0.6 is 12.6 Å². The first kappa shape index (κ1) is 24.6. The molecule has 0 fully saturated rings. The van der Waals surface area contributed by atoms with Gasteiger partial charge in [-0.15, -0.1) is 0 Å². The second-order valence-electron chi connectivity index (χ2n) is 5.62. The molecule has 0 spiro atoms. The maximum Gasteiger partial charge on any atom is 0.328 e. The number of amides is 3. The molecular formula is C14H24N4O8S. The number of aliphatic hydroxyl groups excluding tert-OH is 1. The highest BCUT2D eigenvalue weighted by Crippen LogP contribution is 2.01. The van der Waals surface area contributed by atoms with Gasteiger partial charge in [0.05, 0.1) is 18.7 Å². The first-order chi connectivity index (χ1) is 12.5. The topological polar surface area (TPSA) is 208 Å². The third-order valence-electron chi connectivity index (χ3n) is 3.30. The predicted octanol–water partition coefficient (Wildman–Crippen LogP) is -3.34. The van der Waals surface area contributed by atoms with Crippen molar-refractivity contribution < 1.29 is 39.3 Å². The summed E-state index contributed by atoms with van der Waals surface area (Å²) in [6.07, 6.45) is -2.24. The minimum atomic E-state index is -1.64. The van der Waals surface area contributed by atoms with Gasteiger partial charge >= 0.3 is 11.9 Å². The fraction of sp³-hybridized carbons (Fsp3) is 0.643. The third-order valence-corrected chi connectivity index (χ3v) is 3.69. The lowest BCUT2D eigenvalue weighted by Gasteiger charge is -2.22. The van der Waals surface area contributed by atoms with Gasteiger partial charge < -0.3 is 37.0 Å². The molecule has 12 nitrogen and oxygen atoms in total. The maximum absolute atomic E-state index is 12.2. The highest BCUT2D eigenvalue weighted by Gasteiger charge is 2.29. The second-order valence-corrected chi connectivity index (χ2v) is 5.99. The van der Waals surface area contributed by atoms with E-state index in [4.69, 9.17) is 15.9 Å². The molecule has 3 amide bonds. The van der Waals surface area contributed by atoms with Crippen LogP contribution in [-0.4, -0.2) is 81.5 Å². The average Bonchev–Trinajstić information content (AvgIpc) is 2.59. The Morgan fingerprint density at radius 2 is 1.67 bits per heavy atom. The smallest absolute Gasteiger partial charge is 0.328 e. The summed E-state index contributed by atoms with van der Waals surface area (Å²) in [6, 6.07) is -3.96. The van der Waals surface area contributed by atoms with Crippen LogP contribution < -0.4 is 21.7 Å². The fourth-order valence-corrected chi connectivity index (χ4v) is 1.97. The van der Waals surface area contributed by atoms with Gasteiger partial charge in [0.15, 0.2) is 6.04 Å². The van der Waals surface area contributed by atoms with Gasteiger partial charge in [0, 0.05) is 12.2 Å². The zero-order valence-electron chi connectivity index (χ0n) is 14.5. The van der Waals surface area contributed by atoms with E-state index < -0.39 is 66.9 Å². The Bertz CT molecular complexity index is 571. The Morgan fingerprint density at radius 3 is 2.11 bits per heavy atom. The predicted molar refractivity (Wildman–Crippen MR) is 94.9 cm³/mol. The van der Waals surface area contributed by atoms with Gasteiger partial charge in [-0.1, -0.05) is 0 Å². The molecule has 0 aromatic heterocycles. The quantitative estimate of drug-likeness (QED) is 0.152. The number of carbonyl (C=O) groups excluding carboxylic acids is 3. The van der Waals surface area contributed by atoms with Crippen LogP contribution in [0.5, 0.6) is 0 Å². The summed E-state index contributed by atoms with van der Waals surface area (Å²) < 4.78 is 0. The standard InChI is InChI=1S/C14H24N4O8S/c1-6(19)11(14(25)26)18-13(24)8(2-3-10(21)22)17-9(20)4-16-12(23)7(15)5-27/h6-8,11,19,27H,2-5,15H2,1H3,(H,16,23)(H,17,20)(H,18,24)(H,21,22)(H,25,26). The van der Waals surface area contributed by atoms with Gasteiger partial charge in [0.25, 0.3) is 0 Å². The molecule has 4 atom stereocenters. The molecule has 0 aliphatic rings. The molecular weight excluding hydrogens is 384 g/mol. The second kappa shape index (κ2) is 12.1. The van der Waals surface area contributed by atoms with Crippen molar-refractivity contribution in [1.29, 1.82) is 0 Å². The lowest BCUT2D eigenvalue weighted by atomic mass is 10.1. The van der Waals surface area contributed by atoms with E-state index in [2.05, 4.69) is 23.3 Å². The van der Waals surface area contributed by atoms with Gasteiger partial charge in [-0.25, -0.2) is 4.79 Å². The Morgan fingerprint density at radius 1 is 1.07 bits per heavy atom. The van der Waals surface area contributed by atoms with Crippen LogP contribution in [0.1, 0.15) is 19.8 Å². The summed E-state index contributed by atoms with van der Waals surface area (Å²) in [5.74, 6) is -5.14. The third kappa shape index (κ3) is 9.77. The van der Waals surface area contributed by atoms with Crippen molar-refractivity contribution in [2.75, 3.05) is 12.3 Å². The Balaban J connectivity index is 4.95. The molecule has 0 aliphatic heterocycles. The van der Waals surface area contributed by atoms with Crippen molar-refractivity contribution in [3.05, 3.63) is 0 Å². The number of nitrogens with one attached hydrogen (secondary N) is 3. The molecule has 0 saturated heterocycles. The highest BCUT2D eigenvalue weighted by molar-refractivity contribution is 7.80. The minimum absolute atomic E-state index is 0.0486. The molecule has 0 aromatic rings. The molecule has 8 N–H and O–H groups in total. The molecule has 0 heterocycles. The molecule has 0 aliphatic carbocycles. The van der Waals surface area contributed by atoms with E-state index in [-0.39, 0.29) is 12.2 Å². The number of aliphatic hydroxyl groups is 1. The summed E-state index contributed by atoms with van der Waals surface area (Å²) in [4.78, 5) is 57.3. The van der Waals surface area contributed by atoms with E-state index in [9.17, 15) is 29.1 Å². The number of carboxylic acids is 2. The largest absolute Gasteiger partial charge is 0.481 e. The first-order valence-corrected chi connectivity index (χ1v) is 8.49. The van der Waals surface area contributed by atoms with Crippen molar-refractivity contribution in [3.63, 3.8) is 0 Å². The molecule has 27 heavy (non-hydrogen) atoms. The lowest BCUT2D eigenvalue weighted by Crippen LogP contribution is -2.56. The van der Waals surface area contributed by atoms with Crippen molar-refractivity contribution in [2.24, 2.45) is 5.73 Å². The van der Waals surface area contributed by atoms with E-state index in [1.807, 2.05) is 5.32 Å². The zero-order chi connectivity index (χ0) is 21.1. The van der Waals surface area contributed by atoms with Crippen LogP contribution in [0.3, 0.4) is 0 Å². The van der Waals surface area contributed by atoms with Gasteiger partial charge in [-0.3, -0.25) is 19.2 Å². The van der Waals surface area contributed by atoms with Crippen molar-refractivity contribution >= 4 is 42.3 Å². The monoisotopic (exact) mass is 408 g/mol. The van der Waals surface area contributed by atoms with Gasteiger partial charge in [0.2, 0.25) is 17.7 Å². The number of nitrogens with two attached hydrogens (primary N) is 1. The van der Waals surface area contributed by atoms with Crippen LogP contribution in [0.15, 0.2) is 0 Å². The molecule has 0 saturated carbocycles. The fourth-order valence-electron chi connectivity index (χ4n) is 1.81. The van der Waals surface area contributed by atoms with Gasteiger partial charge in [-0.2, -0.15) is 12.6 Å². The van der Waals surface area contributed by atoms with E-state index >= 15 is 0 Å². The van der Waals surface area contributed by atoms with Crippen LogP contribution in [0, 0.1) is 0 Å². The van der Waals surface area contributed by atoms with Crippen LogP contribution in [0.2, 0.25) is 0 Å². The summed E-state index contributed by atoms with van der Waals surface area (Å²) in [7, 11) is 0. The molecule has 0 bridgehead atoms. The van der Waals surface area contributed by atoms with Crippen LogP contribution in [0.25, 0.3) is 0 Å². The van der Waals surface area contributed by atoms with Crippen molar-refractivity contribution in [1.82, 2.24) is 16.0 Å². The number of carboxylic acid groups (broad SMARTS) is 2. The maximum atomic E-state index is 12.2. The Hall–Kier alpha value is -2.38. The van der Waals surface area contributed by atoms with Crippen LogP contribution in [-0.2, 0) is 24.0 Å². The Kier molecular flexibility index (Phi) is 11.0. The van der Waals surface area contributed by atoms with Gasteiger partial charge in [0.1, 0.15) is 6.04 Å². The highest BCUT2D eigenvalue weighted by atomic mass is 32.1. The zero-order valence-corrected chi connectivity index (χ0v) is 15.4. The van der Waals surface area contributed by atoms with E-state index in [1.165, 1.54) is 0 Å². The van der Waals surface area contributed by atoms with E-state index in [0.717, 1.165) is 6.92 Å². The molecule has 0 rings (SSSR count). The first-order valence-electron chi connectivity index (χ1n) is 7.86. The summed E-state index contributed by atoms with van der Waals surface area (Å²) >= 11 is 3.83. The number of hydrogen-bond acceptors (Lipinski definition) is 8. The number of hydrogen-bond donors (Lipinski definition) is 8. The molecule has 0 aromatic carbocycles. The van der Waals surface area contributed by atoms with Crippen molar-refractivity contribution in [3.8, 4) is 0 Å². The molecule has 13 heteroatoms. The van der Waals surface area contributed by atoms with Crippen molar-refractivity contribution in [2.45, 2.75) is 44.0 Å². The number of aliphatic carboxylic acids is 2. The average molecular weight is 408 g/mol. The summed E-state index contributed by atoms with van der Waals surface area (Å²) in [6.45, 7) is 0.611. The Labute approximate surface area is 160 Å². The molecule has 4 unspecified atom stereocenters. The van der Waals surface area contributed by atoms with Gasteiger partial charge in [-0.05, 0) is 13.3 Å². The summed E-state index contributed by atoms with van der Waals surface area (Å²) in [5.41, 5.74) is 5.42. The molecule has 154 valence electrons. The summed E-state index contributed by atoms with van der Waals surface area (Å²) in [5, 5.41) is 33.5. The SMILES string of the molecule is CC(O)C(NC(=O)C(CCC(=O)O)NC(=O)CNC(=O)C(N)CS)C(=O)O. The number of rotatable bonds is 12. The van der Waals surface area contributed by atoms with E-state index in [0.29, 0.717) is 0 Å².